The van der Waals surface area contributed by atoms with E-state index in [9.17, 15) is 14.7 Å². The number of halogens is 1. The van der Waals surface area contributed by atoms with Crippen molar-refractivity contribution in [3.05, 3.63) is 29.0 Å². The third-order valence-electron chi connectivity index (χ3n) is 3.18. The fourth-order valence-corrected chi connectivity index (χ4v) is 2.25. The highest BCUT2D eigenvalue weighted by molar-refractivity contribution is 6.30. The van der Waals surface area contributed by atoms with Gasteiger partial charge in [-0.25, -0.2) is 9.78 Å². The second kappa shape index (κ2) is 6.67. The Morgan fingerprint density at radius 3 is 2.85 bits per heavy atom. The third-order valence-corrected chi connectivity index (χ3v) is 3.40. The number of pyridine rings is 1. The van der Waals surface area contributed by atoms with E-state index < -0.39 is 17.9 Å². The Labute approximate surface area is 121 Å². The van der Waals surface area contributed by atoms with Crippen molar-refractivity contribution in [1.82, 2.24) is 10.3 Å². The number of hydrogen-bond donors (Lipinski definition) is 2. The van der Waals surface area contributed by atoms with E-state index in [1.165, 1.54) is 18.3 Å². The van der Waals surface area contributed by atoms with Crippen LogP contribution < -0.4 is 5.32 Å². The van der Waals surface area contributed by atoms with Crippen LogP contribution in [0.3, 0.4) is 0 Å². The van der Waals surface area contributed by atoms with Crippen LogP contribution in [0.15, 0.2) is 18.3 Å². The molecule has 2 unspecified atom stereocenters. The Kier molecular flexibility index (Phi) is 4.92. The van der Waals surface area contributed by atoms with Crippen LogP contribution in [0.1, 0.15) is 23.3 Å². The monoisotopic (exact) mass is 298 g/mol. The fraction of sp³-hybridized carbons (Fsp3) is 0.462. The van der Waals surface area contributed by atoms with Gasteiger partial charge in [0.1, 0.15) is 11.7 Å². The van der Waals surface area contributed by atoms with E-state index in [4.69, 9.17) is 16.3 Å². The van der Waals surface area contributed by atoms with Crippen LogP contribution in [0.25, 0.3) is 0 Å². The first kappa shape index (κ1) is 14.7. The topological polar surface area (TPSA) is 88.5 Å². The Balaban J connectivity index is 2.05. The Bertz CT molecular complexity index is 486. The second-order valence-electron chi connectivity index (χ2n) is 4.63. The number of nitrogens with zero attached hydrogens (tertiary/aromatic N) is 1. The molecule has 0 spiro atoms. The minimum atomic E-state index is -1.07. The molecule has 0 saturated carbocycles. The maximum absolute atomic E-state index is 12.0. The molecular formula is C13H15ClN2O4. The van der Waals surface area contributed by atoms with Crippen LogP contribution >= 0.6 is 11.6 Å². The van der Waals surface area contributed by atoms with Crippen molar-refractivity contribution in [3.8, 4) is 0 Å². The molecule has 0 aromatic carbocycles. The maximum Gasteiger partial charge on any atom is 0.326 e. The van der Waals surface area contributed by atoms with Crippen molar-refractivity contribution < 1.29 is 19.4 Å². The van der Waals surface area contributed by atoms with Crippen molar-refractivity contribution in [3.63, 3.8) is 0 Å². The summed E-state index contributed by atoms with van der Waals surface area (Å²) in [6.07, 6.45) is 2.85. The third kappa shape index (κ3) is 3.68. The summed E-state index contributed by atoms with van der Waals surface area (Å²) >= 11 is 5.69. The molecule has 1 aliphatic heterocycles. The highest BCUT2D eigenvalue weighted by Crippen LogP contribution is 2.18. The lowest BCUT2D eigenvalue weighted by molar-refractivity contribution is -0.142. The van der Waals surface area contributed by atoms with Gasteiger partial charge in [-0.15, -0.1) is 0 Å². The van der Waals surface area contributed by atoms with Gasteiger partial charge in [-0.1, -0.05) is 11.6 Å². The Morgan fingerprint density at radius 2 is 2.30 bits per heavy atom. The fourth-order valence-electron chi connectivity index (χ4n) is 2.14. The van der Waals surface area contributed by atoms with Gasteiger partial charge in [0.15, 0.2) is 0 Å². The number of hydrogen-bond acceptors (Lipinski definition) is 4. The number of carbonyl (C=O) groups excluding carboxylic acids is 1. The molecule has 20 heavy (non-hydrogen) atoms. The number of aliphatic carboxylic acids is 1. The lowest BCUT2D eigenvalue weighted by atomic mass is 9.93. The summed E-state index contributed by atoms with van der Waals surface area (Å²) in [6, 6.07) is 2.01. The quantitative estimate of drug-likeness (QED) is 0.876. The smallest absolute Gasteiger partial charge is 0.326 e. The number of carboxylic acids is 1. The maximum atomic E-state index is 12.0. The van der Waals surface area contributed by atoms with Gasteiger partial charge in [0.25, 0.3) is 5.91 Å². The van der Waals surface area contributed by atoms with E-state index in [-0.39, 0.29) is 11.6 Å². The van der Waals surface area contributed by atoms with E-state index in [1.807, 2.05) is 0 Å². The summed E-state index contributed by atoms with van der Waals surface area (Å²) in [5.74, 6) is -1.82. The summed E-state index contributed by atoms with van der Waals surface area (Å²) in [7, 11) is 0. The molecule has 6 nitrogen and oxygen atoms in total. The van der Waals surface area contributed by atoms with Crippen LogP contribution in [-0.2, 0) is 9.53 Å². The normalized spacial score (nSPS) is 20.1. The van der Waals surface area contributed by atoms with Crippen molar-refractivity contribution in [2.24, 2.45) is 5.92 Å². The number of rotatable bonds is 4. The molecule has 2 heterocycles. The molecule has 0 aliphatic carbocycles. The van der Waals surface area contributed by atoms with Crippen molar-refractivity contribution >= 4 is 23.5 Å². The van der Waals surface area contributed by atoms with Crippen molar-refractivity contribution in [2.45, 2.75) is 18.9 Å². The minimum absolute atomic E-state index is 0.136. The average molecular weight is 299 g/mol. The van der Waals surface area contributed by atoms with Gasteiger partial charge in [-0.2, -0.15) is 0 Å². The highest BCUT2D eigenvalue weighted by Gasteiger charge is 2.31. The first-order valence-electron chi connectivity index (χ1n) is 6.31. The molecule has 0 radical (unpaired) electrons. The van der Waals surface area contributed by atoms with Gasteiger partial charge < -0.3 is 15.2 Å². The number of aromatic nitrogens is 1. The van der Waals surface area contributed by atoms with Crippen LogP contribution in [0.5, 0.6) is 0 Å². The molecule has 1 saturated heterocycles. The molecule has 2 N–H and O–H groups in total. The molecular weight excluding hydrogens is 284 g/mol. The van der Waals surface area contributed by atoms with Gasteiger partial charge in [-0.05, 0) is 25.0 Å². The molecule has 0 bridgehead atoms. The zero-order valence-electron chi connectivity index (χ0n) is 10.7. The molecule has 1 aromatic heterocycles. The molecule has 2 atom stereocenters. The van der Waals surface area contributed by atoms with Gasteiger partial charge >= 0.3 is 5.97 Å². The highest BCUT2D eigenvalue weighted by atomic mass is 35.5. The molecule has 1 fully saturated rings. The number of ether oxygens (including phenoxy) is 1. The van der Waals surface area contributed by atoms with Crippen LogP contribution in [0, 0.1) is 5.92 Å². The van der Waals surface area contributed by atoms with Crippen LogP contribution in [-0.4, -0.2) is 41.2 Å². The van der Waals surface area contributed by atoms with E-state index in [0.29, 0.717) is 24.7 Å². The Morgan fingerprint density at radius 1 is 1.50 bits per heavy atom. The SMILES string of the molecule is O=C(NC(C(=O)O)C1CCCOC1)c1ccc(Cl)cn1. The largest absolute Gasteiger partial charge is 0.480 e. The lowest BCUT2D eigenvalue weighted by Gasteiger charge is -2.27. The molecule has 108 valence electrons. The molecule has 1 aromatic rings. The van der Waals surface area contributed by atoms with E-state index in [2.05, 4.69) is 10.3 Å². The van der Waals surface area contributed by atoms with Crippen LogP contribution in [0.4, 0.5) is 0 Å². The molecule has 1 aliphatic rings. The standard InChI is InChI=1S/C13H15ClN2O4/c14-9-3-4-10(15-6-9)12(17)16-11(13(18)19)8-2-1-5-20-7-8/h3-4,6,8,11H,1-2,5,7H2,(H,16,17)(H,18,19). The summed E-state index contributed by atoms with van der Waals surface area (Å²) in [5, 5.41) is 12.2. The number of carboxylic acid groups (broad SMARTS) is 1. The number of nitrogens with one attached hydrogen (secondary N) is 1. The zero-order chi connectivity index (χ0) is 14.5. The average Bonchev–Trinajstić information content (AvgIpc) is 2.46. The first-order valence-corrected chi connectivity index (χ1v) is 6.68. The second-order valence-corrected chi connectivity index (χ2v) is 5.06. The Hall–Kier alpha value is -1.66. The first-order chi connectivity index (χ1) is 9.58. The predicted molar refractivity (Wildman–Crippen MR) is 71.7 cm³/mol. The van der Waals surface area contributed by atoms with Crippen molar-refractivity contribution in [1.29, 1.82) is 0 Å². The summed E-state index contributed by atoms with van der Waals surface area (Å²) in [4.78, 5) is 27.2. The lowest BCUT2D eigenvalue weighted by Crippen LogP contribution is -2.48. The van der Waals surface area contributed by atoms with Gasteiger partial charge in [-0.3, -0.25) is 4.79 Å². The van der Waals surface area contributed by atoms with Gasteiger partial charge in [0.2, 0.25) is 0 Å². The van der Waals surface area contributed by atoms with Crippen LogP contribution in [0.2, 0.25) is 5.02 Å². The summed E-state index contributed by atoms with van der Waals surface area (Å²) < 4.78 is 5.27. The van der Waals surface area contributed by atoms with Gasteiger partial charge in [0.05, 0.1) is 11.6 Å². The van der Waals surface area contributed by atoms with Gasteiger partial charge in [0, 0.05) is 18.7 Å². The molecule has 2 rings (SSSR count). The van der Waals surface area contributed by atoms with Crippen molar-refractivity contribution in [2.75, 3.05) is 13.2 Å². The molecule has 1 amide bonds. The number of carbonyl (C=O) groups is 2. The molecule has 7 heteroatoms. The predicted octanol–water partition coefficient (Wildman–Crippen LogP) is 1.34. The van der Waals surface area contributed by atoms with E-state index in [0.717, 1.165) is 6.42 Å². The number of amides is 1. The minimum Gasteiger partial charge on any atom is -0.480 e. The van der Waals surface area contributed by atoms with E-state index in [1.54, 1.807) is 0 Å². The van der Waals surface area contributed by atoms with E-state index >= 15 is 0 Å². The summed E-state index contributed by atoms with van der Waals surface area (Å²) in [5.41, 5.74) is 0.136. The zero-order valence-corrected chi connectivity index (χ0v) is 11.5. The summed E-state index contributed by atoms with van der Waals surface area (Å²) in [6.45, 7) is 0.973.